The Balaban J connectivity index is 2.30. The molecule has 2 atom stereocenters. The molecule has 0 radical (unpaired) electrons. The van der Waals surface area contributed by atoms with E-state index < -0.39 is 0 Å². The molecule has 1 heterocycles. The first kappa shape index (κ1) is 9.93. The van der Waals surface area contributed by atoms with Gasteiger partial charge in [0.15, 0.2) is 0 Å². The number of nitrogens with zero attached hydrogens (tertiary/aromatic N) is 1. The molecule has 1 rings (SSSR count). The lowest BCUT2D eigenvalue weighted by atomic mass is 9.94. The van der Waals surface area contributed by atoms with E-state index in [1.807, 2.05) is 7.05 Å². The lowest BCUT2D eigenvalue weighted by Crippen LogP contribution is -2.47. The van der Waals surface area contributed by atoms with E-state index >= 15 is 0 Å². The van der Waals surface area contributed by atoms with Crippen molar-refractivity contribution in [1.82, 2.24) is 10.2 Å². The number of nitrogens with one attached hydrogen (secondary N) is 1. The van der Waals surface area contributed by atoms with Crippen LogP contribution in [0.4, 0.5) is 4.39 Å². The highest BCUT2D eigenvalue weighted by Gasteiger charge is 2.23. The number of piperidine rings is 1. The van der Waals surface area contributed by atoms with Crippen LogP contribution in [0.1, 0.15) is 13.3 Å². The molecule has 0 saturated carbocycles. The first-order valence-electron chi connectivity index (χ1n) is 4.73. The zero-order valence-corrected chi connectivity index (χ0v) is 8.02. The van der Waals surface area contributed by atoms with Crippen LogP contribution in [0.3, 0.4) is 0 Å². The number of hydrogen-bond donors (Lipinski definition) is 1. The van der Waals surface area contributed by atoms with Gasteiger partial charge in [-0.25, -0.2) is 4.39 Å². The summed E-state index contributed by atoms with van der Waals surface area (Å²) >= 11 is 0. The van der Waals surface area contributed by atoms with E-state index in [4.69, 9.17) is 0 Å². The van der Waals surface area contributed by atoms with Crippen molar-refractivity contribution in [2.24, 2.45) is 5.92 Å². The summed E-state index contributed by atoms with van der Waals surface area (Å²) in [6.45, 7) is 4.71. The normalized spacial score (nSPS) is 32.2. The number of halogens is 1. The molecule has 0 amide bonds. The monoisotopic (exact) mass is 174 g/mol. The molecule has 0 aromatic rings. The van der Waals surface area contributed by atoms with Gasteiger partial charge in [-0.15, -0.1) is 0 Å². The molecule has 3 heteroatoms. The predicted molar refractivity (Wildman–Crippen MR) is 49.0 cm³/mol. The van der Waals surface area contributed by atoms with Crippen molar-refractivity contribution in [1.29, 1.82) is 0 Å². The topological polar surface area (TPSA) is 15.3 Å². The summed E-state index contributed by atoms with van der Waals surface area (Å²) in [6, 6.07) is 0.626. The summed E-state index contributed by atoms with van der Waals surface area (Å²) in [4.78, 5) is 2.21. The fourth-order valence-corrected chi connectivity index (χ4v) is 1.98. The van der Waals surface area contributed by atoms with Crippen LogP contribution in [0, 0.1) is 5.92 Å². The van der Waals surface area contributed by atoms with Gasteiger partial charge in [0.05, 0.1) is 0 Å². The van der Waals surface area contributed by atoms with Gasteiger partial charge in [-0.1, -0.05) is 6.92 Å². The molecule has 2 nitrogen and oxygen atoms in total. The van der Waals surface area contributed by atoms with Crippen molar-refractivity contribution in [3.63, 3.8) is 0 Å². The standard InChI is InChI=1S/C9H19FN2/c1-8-7-12(6-4-10)5-3-9(8)11-2/h8-9,11H,3-7H2,1-2H3. The Morgan fingerprint density at radius 2 is 2.33 bits per heavy atom. The molecule has 12 heavy (non-hydrogen) atoms. The minimum atomic E-state index is -0.211. The summed E-state index contributed by atoms with van der Waals surface area (Å²) in [6.07, 6.45) is 1.15. The van der Waals surface area contributed by atoms with E-state index in [0.717, 1.165) is 19.5 Å². The van der Waals surface area contributed by atoms with Crippen molar-refractivity contribution in [2.45, 2.75) is 19.4 Å². The average Bonchev–Trinajstić information content (AvgIpc) is 2.05. The summed E-state index contributed by atoms with van der Waals surface area (Å²) in [5.74, 6) is 0.648. The van der Waals surface area contributed by atoms with Crippen LogP contribution >= 0.6 is 0 Å². The van der Waals surface area contributed by atoms with E-state index in [1.54, 1.807) is 0 Å². The summed E-state index contributed by atoms with van der Waals surface area (Å²) < 4.78 is 12.0. The van der Waals surface area contributed by atoms with Gasteiger partial charge in [0, 0.05) is 19.1 Å². The summed E-state index contributed by atoms with van der Waals surface area (Å²) in [7, 11) is 2.01. The first-order chi connectivity index (χ1) is 5.77. The second kappa shape index (κ2) is 4.77. The Bertz CT molecular complexity index is 130. The summed E-state index contributed by atoms with van der Waals surface area (Å²) in [5, 5.41) is 3.30. The molecule has 1 aliphatic rings. The SMILES string of the molecule is CNC1CCN(CCF)CC1C. The smallest absolute Gasteiger partial charge is 0.102 e. The van der Waals surface area contributed by atoms with Gasteiger partial charge in [-0.2, -0.15) is 0 Å². The van der Waals surface area contributed by atoms with Gasteiger partial charge in [0.1, 0.15) is 6.67 Å². The van der Waals surface area contributed by atoms with E-state index in [9.17, 15) is 4.39 Å². The maximum Gasteiger partial charge on any atom is 0.102 e. The number of hydrogen-bond acceptors (Lipinski definition) is 2. The number of rotatable bonds is 3. The Labute approximate surface area is 74.1 Å². The van der Waals surface area contributed by atoms with Crippen LogP contribution in [0.5, 0.6) is 0 Å². The molecule has 0 aliphatic carbocycles. The zero-order chi connectivity index (χ0) is 8.97. The minimum absolute atomic E-state index is 0.211. The lowest BCUT2D eigenvalue weighted by molar-refractivity contribution is 0.143. The fourth-order valence-electron chi connectivity index (χ4n) is 1.98. The van der Waals surface area contributed by atoms with Crippen LogP contribution in [-0.4, -0.2) is 44.3 Å². The fraction of sp³-hybridized carbons (Fsp3) is 1.00. The van der Waals surface area contributed by atoms with E-state index in [2.05, 4.69) is 17.1 Å². The molecule has 72 valence electrons. The highest BCUT2D eigenvalue weighted by Crippen LogP contribution is 2.15. The van der Waals surface area contributed by atoms with Crippen LogP contribution < -0.4 is 5.32 Å². The van der Waals surface area contributed by atoms with Crippen LogP contribution in [0.2, 0.25) is 0 Å². The molecule has 1 aliphatic heterocycles. The molecule has 0 aromatic heterocycles. The van der Waals surface area contributed by atoms with Crippen LogP contribution in [-0.2, 0) is 0 Å². The van der Waals surface area contributed by atoms with Crippen molar-refractivity contribution in [3.05, 3.63) is 0 Å². The largest absolute Gasteiger partial charge is 0.317 e. The van der Waals surface area contributed by atoms with Crippen LogP contribution in [0.15, 0.2) is 0 Å². The molecule has 1 saturated heterocycles. The Morgan fingerprint density at radius 3 is 2.83 bits per heavy atom. The van der Waals surface area contributed by atoms with Gasteiger partial charge >= 0.3 is 0 Å². The third kappa shape index (κ3) is 2.42. The molecular formula is C9H19FN2. The maximum atomic E-state index is 12.0. The molecule has 0 bridgehead atoms. The van der Waals surface area contributed by atoms with E-state index in [0.29, 0.717) is 18.5 Å². The average molecular weight is 174 g/mol. The summed E-state index contributed by atoms with van der Waals surface area (Å²) in [5.41, 5.74) is 0. The van der Waals surface area contributed by atoms with Gasteiger partial charge in [-0.3, -0.25) is 0 Å². The molecule has 1 N–H and O–H groups in total. The Morgan fingerprint density at radius 1 is 1.58 bits per heavy atom. The van der Waals surface area contributed by atoms with Crippen molar-refractivity contribution < 1.29 is 4.39 Å². The van der Waals surface area contributed by atoms with Gasteiger partial charge in [0.2, 0.25) is 0 Å². The van der Waals surface area contributed by atoms with Crippen molar-refractivity contribution in [2.75, 3.05) is 33.4 Å². The lowest BCUT2D eigenvalue weighted by Gasteiger charge is -2.36. The van der Waals surface area contributed by atoms with Crippen LogP contribution in [0.25, 0.3) is 0 Å². The Hall–Kier alpha value is -0.150. The zero-order valence-electron chi connectivity index (χ0n) is 8.02. The molecule has 0 aromatic carbocycles. The highest BCUT2D eigenvalue weighted by atomic mass is 19.1. The highest BCUT2D eigenvalue weighted by molar-refractivity contribution is 4.81. The van der Waals surface area contributed by atoms with Crippen molar-refractivity contribution >= 4 is 0 Å². The van der Waals surface area contributed by atoms with Gasteiger partial charge in [-0.05, 0) is 25.9 Å². The number of likely N-dealkylation sites (tertiary alicyclic amines) is 1. The molecule has 2 unspecified atom stereocenters. The predicted octanol–water partition coefficient (Wildman–Crippen LogP) is 0.886. The van der Waals surface area contributed by atoms with Crippen molar-refractivity contribution in [3.8, 4) is 0 Å². The van der Waals surface area contributed by atoms with E-state index in [-0.39, 0.29) is 6.67 Å². The van der Waals surface area contributed by atoms with Gasteiger partial charge < -0.3 is 10.2 Å². The second-order valence-electron chi connectivity index (χ2n) is 3.65. The minimum Gasteiger partial charge on any atom is -0.317 e. The van der Waals surface area contributed by atoms with E-state index in [1.165, 1.54) is 0 Å². The molecular weight excluding hydrogens is 155 g/mol. The maximum absolute atomic E-state index is 12.0. The first-order valence-corrected chi connectivity index (χ1v) is 4.73. The van der Waals surface area contributed by atoms with Gasteiger partial charge in [0.25, 0.3) is 0 Å². The quantitative estimate of drug-likeness (QED) is 0.683. The number of alkyl halides is 1. The third-order valence-electron chi connectivity index (χ3n) is 2.76. The molecule has 1 fully saturated rings. The molecule has 0 spiro atoms. The second-order valence-corrected chi connectivity index (χ2v) is 3.65. The third-order valence-corrected chi connectivity index (χ3v) is 2.76. The Kier molecular flexibility index (Phi) is 3.95.